The van der Waals surface area contributed by atoms with E-state index < -0.39 is 5.91 Å². The topological polar surface area (TPSA) is 98.0 Å². The number of nitrogens with zero attached hydrogens (tertiary/aromatic N) is 2. The smallest absolute Gasteiger partial charge is 0.249 e. The molecule has 0 saturated heterocycles. The van der Waals surface area contributed by atoms with Crippen LogP contribution in [0.2, 0.25) is 0 Å². The lowest BCUT2D eigenvalue weighted by atomic mass is 9.98. The number of hydrogen-bond donors (Lipinski definition) is 2. The van der Waals surface area contributed by atoms with Crippen LogP contribution in [0.4, 0.5) is 5.82 Å². The predicted octanol–water partition coefficient (Wildman–Crippen LogP) is 3.26. The zero-order valence-corrected chi connectivity index (χ0v) is 14.6. The van der Waals surface area contributed by atoms with Gasteiger partial charge in [0.05, 0.1) is 5.56 Å². The Morgan fingerprint density at radius 3 is 2.44 bits per heavy atom. The molecule has 6 nitrogen and oxygen atoms in total. The second-order valence-electron chi connectivity index (χ2n) is 6.54. The van der Waals surface area contributed by atoms with E-state index in [1.54, 1.807) is 18.5 Å². The van der Waals surface area contributed by atoms with Gasteiger partial charge in [0.15, 0.2) is 0 Å². The van der Waals surface area contributed by atoms with Crippen molar-refractivity contribution in [1.29, 1.82) is 0 Å². The van der Waals surface area contributed by atoms with Gasteiger partial charge in [0.2, 0.25) is 11.8 Å². The summed E-state index contributed by atoms with van der Waals surface area (Å²) < 4.78 is 0. The number of rotatable bonds is 5. The average molecular weight is 358 g/mol. The maximum atomic E-state index is 12.2. The van der Waals surface area contributed by atoms with Crippen molar-refractivity contribution in [3.05, 3.63) is 66.6 Å². The zero-order chi connectivity index (χ0) is 18.8. The van der Waals surface area contributed by atoms with Gasteiger partial charge in [-0.2, -0.15) is 0 Å². The molecule has 0 bridgehead atoms. The summed E-state index contributed by atoms with van der Waals surface area (Å²) >= 11 is 0. The van der Waals surface area contributed by atoms with Crippen LogP contribution in [0.1, 0.15) is 23.2 Å². The summed E-state index contributed by atoms with van der Waals surface area (Å²) in [5.74, 6) is -0.321. The minimum atomic E-state index is -0.584. The molecule has 2 aromatic heterocycles. The number of amides is 2. The largest absolute Gasteiger partial charge is 0.366 e. The molecule has 2 amide bonds. The van der Waals surface area contributed by atoms with Gasteiger partial charge in [0, 0.05) is 41.2 Å². The maximum absolute atomic E-state index is 12.2. The van der Waals surface area contributed by atoms with Crippen LogP contribution in [0.3, 0.4) is 0 Å². The standard InChI is InChI=1S/C21H18N4O2/c22-19(26)17-8-9-24-20(25-21(27)14-6-7-14)18(17)16-10-15(11-23-12-16)13-4-2-1-3-5-13/h1-5,8-12,14H,6-7H2,(H2,22,26)(H,24,25,27). The van der Waals surface area contributed by atoms with Gasteiger partial charge in [-0.1, -0.05) is 30.3 Å². The van der Waals surface area contributed by atoms with Gasteiger partial charge in [0.1, 0.15) is 5.82 Å². The predicted molar refractivity (Wildman–Crippen MR) is 103 cm³/mol. The van der Waals surface area contributed by atoms with E-state index in [2.05, 4.69) is 15.3 Å². The summed E-state index contributed by atoms with van der Waals surface area (Å²) in [7, 11) is 0. The SMILES string of the molecule is NC(=O)c1ccnc(NC(=O)C2CC2)c1-c1cncc(-c2ccccc2)c1. The fourth-order valence-corrected chi connectivity index (χ4v) is 2.98. The molecule has 0 unspecified atom stereocenters. The quantitative estimate of drug-likeness (QED) is 0.731. The number of aromatic nitrogens is 2. The average Bonchev–Trinajstić information content (AvgIpc) is 3.54. The molecule has 1 fully saturated rings. The van der Waals surface area contributed by atoms with E-state index in [0.717, 1.165) is 24.0 Å². The van der Waals surface area contributed by atoms with Crippen molar-refractivity contribution in [1.82, 2.24) is 9.97 Å². The Morgan fingerprint density at radius 2 is 1.74 bits per heavy atom. The molecule has 3 N–H and O–H groups in total. The second-order valence-corrected chi connectivity index (χ2v) is 6.54. The summed E-state index contributed by atoms with van der Waals surface area (Å²) in [4.78, 5) is 32.8. The summed E-state index contributed by atoms with van der Waals surface area (Å²) in [6, 6.07) is 13.3. The highest BCUT2D eigenvalue weighted by Gasteiger charge is 2.30. The third kappa shape index (κ3) is 3.55. The van der Waals surface area contributed by atoms with Crippen LogP contribution in [-0.2, 0) is 4.79 Å². The molecular formula is C21H18N4O2. The molecule has 1 saturated carbocycles. The normalized spacial score (nSPS) is 13.2. The van der Waals surface area contributed by atoms with Crippen LogP contribution in [0.5, 0.6) is 0 Å². The van der Waals surface area contributed by atoms with Crippen LogP contribution in [0.15, 0.2) is 61.1 Å². The van der Waals surface area contributed by atoms with Gasteiger partial charge < -0.3 is 11.1 Å². The lowest BCUT2D eigenvalue weighted by molar-refractivity contribution is -0.117. The lowest BCUT2D eigenvalue weighted by Crippen LogP contribution is -2.18. The van der Waals surface area contributed by atoms with E-state index in [1.807, 2.05) is 36.4 Å². The minimum absolute atomic E-state index is 0.0191. The van der Waals surface area contributed by atoms with Crippen LogP contribution in [0.25, 0.3) is 22.3 Å². The number of hydrogen-bond acceptors (Lipinski definition) is 4. The van der Waals surface area contributed by atoms with Gasteiger partial charge in [-0.15, -0.1) is 0 Å². The summed E-state index contributed by atoms with van der Waals surface area (Å²) in [5, 5.41) is 2.84. The van der Waals surface area contributed by atoms with Crippen LogP contribution in [0, 0.1) is 5.92 Å². The van der Waals surface area contributed by atoms with Crippen molar-refractivity contribution in [2.24, 2.45) is 11.7 Å². The van der Waals surface area contributed by atoms with Crippen molar-refractivity contribution in [2.75, 3.05) is 5.32 Å². The van der Waals surface area contributed by atoms with E-state index in [-0.39, 0.29) is 11.8 Å². The first-order chi connectivity index (χ1) is 13.1. The van der Waals surface area contributed by atoms with Crippen molar-refractivity contribution in [3.8, 4) is 22.3 Å². The molecule has 4 rings (SSSR count). The third-order valence-corrected chi connectivity index (χ3v) is 4.54. The first-order valence-corrected chi connectivity index (χ1v) is 8.74. The van der Waals surface area contributed by atoms with Crippen molar-refractivity contribution in [3.63, 3.8) is 0 Å². The zero-order valence-electron chi connectivity index (χ0n) is 14.6. The molecule has 1 aromatic carbocycles. The van der Waals surface area contributed by atoms with Crippen LogP contribution < -0.4 is 11.1 Å². The highest BCUT2D eigenvalue weighted by molar-refractivity contribution is 6.05. The minimum Gasteiger partial charge on any atom is -0.366 e. The van der Waals surface area contributed by atoms with Crippen molar-refractivity contribution >= 4 is 17.6 Å². The Kier molecular flexibility index (Phi) is 4.38. The van der Waals surface area contributed by atoms with Crippen molar-refractivity contribution in [2.45, 2.75) is 12.8 Å². The Balaban J connectivity index is 1.82. The molecule has 0 spiro atoms. The third-order valence-electron chi connectivity index (χ3n) is 4.54. The number of nitrogens with one attached hydrogen (secondary N) is 1. The van der Waals surface area contributed by atoms with Gasteiger partial charge in [-0.05, 0) is 30.5 Å². The molecule has 0 aliphatic heterocycles. The molecule has 1 aliphatic rings. The molecule has 0 radical (unpaired) electrons. The molecule has 2 heterocycles. The van der Waals surface area contributed by atoms with E-state index in [9.17, 15) is 9.59 Å². The van der Waals surface area contributed by atoms with Crippen LogP contribution in [-0.4, -0.2) is 21.8 Å². The number of carbonyl (C=O) groups is 2. The molecule has 27 heavy (non-hydrogen) atoms. The van der Waals surface area contributed by atoms with E-state index in [4.69, 9.17) is 5.73 Å². The van der Waals surface area contributed by atoms with Gasteiger partial charge in [-0.3, -0.25) is 14.6 Å². The molecule has 3 aromatic rings. The van der Waals surface area contributed by atoms with Gasteiger partial charge >= 0.3 is 0 Å². The van der Waals surface area contributed by atoms with E-state index in [1.165, 1.54) is 6.20 Å². The van der Waals surface area contributed by atoms with E-state index >= 15 is 0 Å². The van der Waals surface area contributed by atoms with E-state index in [0.29, 0.717) is 22.5 Å². The fourth-order valence-electron chi connectivity index (χ4n) is 2.98. The van der Waals surface area contributed by atoms with Crippen molar-refractivity contribution < 1.29 is 9.59 Å². The fraction of sp³-hybridized carbons (Fsp3) is 0.143. The summed E-state index contributed by atoms with van der Waals surface area (Å²) in [5.41, 5.74) is 8.92. The molecule has 134 valence electrons. The van der Waals surface area contributed by atoms with Gasteiger partial charge in [0.25, 0.3) is 0 Å². The Morgan fingerprint density at radius 1 is 1.00 bits per heavy atom. The molecular weight excluding hydrogens is 340 g/mol. The Labute approximate surface area is 156 Å². The number of nitrogens with two attached hydrogens (primary N) is 1. The van der Waals surface area contributed by atoms with Crippen LogP contribution >= 0.6 is 0 Å². The molecule has 1 aliphatic carbocycles. The number of primary amides is 1. The number of benzene rings is 1. The number of anilines is 1. The maximum Gasteiger partial charge on any atom is 0.249 e. The number of carbonyl (C=O) groups excluding carboxylic acids is 2. The Hall–Kier alpha value is -3.54. The lowest BCUT2D eigenvalue weighted by Gasteiger charge is -2.14. The summed E-state index contributed by atoms with van der Waals surface area (Å²) in [6.45, 7) is 0. The highest BCUT2D eigenvalue weighted by Crippen LogP contribution is 2.35. The second kappa shape index (κ2) is 6.99. The number of pyridine rings is 2. The Bertz CT molecular complexity index is 1010. The molecule has 0 atom stereocenters. The highest BCUT2D eigenvalue weighted by atomic mass is 16.2. The monoisotopic (exact) mass is 358 g/mol. The summed E-state index contributed by atoms with van der Waals surface area (Å²) in [6.07, 6.45) is 6.62. The first kappa shape index (κ1) is 16.9. The van der Waals surface area contributed by atoms with Gasteiger partial charge in [-0.25, -0.2) is 4.98 Å². The first-order valence-electron chi connectivity index (χ1n) is 8.74. The molecule has 6 heteroatoms.